The van der Waals surface area contributed by atoms with Gasteiger partial charge in [0.1, 0.15) is 5.75 Å². The Balaban J connectivity index is 2.00. The van der Waals surface area contributed by atoms with Crippen LogP contribution in [0.25, 0.3) is 0 Å². The first kappa shape index (κ1) is 12.9. The Morgan fingerprint density at radius 3 is 2.37 bits per heavy atom. The van der Waals surface area contributed by atoms with Gasteiger partial charge in [-0.05, 0) is 56.0 Å². The van der Waals surface area contributed by atoms with E-state index in [4.69, 9.17) is 9.47 Å². The van der Waals surface area contributed by atoms with E-state index >= 15 is 0 Å². The van der Waals surface area contributed by atoms with E-state index in [-0.39, 0.29) is 5.41 Å². The van der Waals surface area contributed by atoms with Crippen LogP contribution < -0.4 is 10.1 Å². The summed E-state index contributed by atoms with van der Waals surface area (Å²) >= 11 is 0. The number of benzene rings is 1. The molecular weight excluding hydrogens is 238 g/mol. The summed E-state index contributed by atoms with van der Waals surface area (Å²) in [6.45, 7) is 8.26. The number of hydrogen-bond acceptors (Lipinski definition) is 3. The summed E-state index contributed by atoms with van der Waals surface area (Å²) in [5, 5.41) is 3.49. The van der Waals surface area contributed by atoms with E-state index in [2.05, 4.69) is 31.3 Å². The van der Waals surface area contributed by atoms with Gasteiger partial charge in [-0.25, -0.2) is 0 Å². The molecule has 2 saturated heterocycles. The van der Waals surface area contributed by atoms with Crippen molar-refractivity contribution in [2.75, 3.05) is 33.4 Å². The van der Waals surface area contributed by atoms with Gasteiger partial charge in [-0.3, -0.25) is 0 Å². The molecule has 1 aromatic rings. The van der Waals surface area contributed by atoms with Gasteiger partial charge in [-0.2, -0.15) is 0 Å². The van der Waals surface area contributed by atoms with Crippen molar-refractivity contribution in [2.24, 2.45) is 5.92 Å². The van der Waals surface area contributed by atoms with Crippen LogP contribution in [-0.4, -0.2) is 33.4 Å². The first-order chi connectivity index (χ1) is 9.17. The van der Waals surface area contributed by atoms with Gasteiger partial charge in [0.05, 0.1) is 20.3 Å². The third-order valence-corrected chi connectivity index (χ3v) is 4.80. The number of rotatable bonds is 3. The van der Waals surface area contributed by atoms with Gasteiger partial charge in [0.25, 0.3) is 0 Å². The maximum Gasteiger partial charge on any atom is 0.124 e. The predicted molar refractivity (Wildman–Crippen MR) is 75.9 cm³/mol. The van der Waals surface area contributed by atoms with Gasteiger partial charge in [0.2, 0.25) is 0 Å². The van der Waals surface area contributed by atoms with Crippen molar-refractivity contribution < 1.29 is 9.47 Å². The van der Waals surface area contributed by atoms with Crippen LogP contribution in [0.2, 0.25) is 0 Å². The number of hydrogen-bond donors (Lipinski definition) is 1. The van der Waals surface area contributed by atoms with E-state index in [0.29, 0.717) is 5.92 Å². The van der Waals surface area contributed by atoms with Crippen molar-refractivity contribution in [1.29, 1.82) is 0 Å². The monoisotopic (exact) mass is 261 g/mol. The minimum absolute atomic E-state index is 0.227. The molecule has 0 saturated carbocycles. The lowest BCUT2D eigenvalue weighted by Gasteiger charge is -2.46. The van der Waals surface area contributed by atoms with Crippen molar-refractivity contribution >= 4 is 0 Å². The zero-order valence-electron chi connectivity index (χ0n) is 12.1. The van der Waals surface area contributed by atoms with E-state index in [0.717, 1.165) is 32.1 Å². The Morgan fingerprint density at radius 2 is 1.95 bits per heavy atom. The Labute approximate surface area is 115 Å². The summed E-state index contributed by atoms with van der Waals surface area (Å²) in [5.41, 5.74) is 4.12. The number of ether oxygens (including phenoxy) is 2. The van der Waals surface area contributed by atoms with Crippen molar-refractivity contribution in [3.8, 4) is 5.75 Å². The number of aryl methyl sites for hydroxylation is 2. The molecule has 0 aliphatic carbocycles. The molecule has 3 heteroatoms. The van der Waals surface area contributed by atoms with Crippen LogP contribution >= 0.6 is 0 Å². The van der Waals surface area contributed by atoms with Crippen LogP contribution in [0.4, 0.5) is 0 Å². The summed E-state index contributed by atoms with van der Waals surface area (Å²) in [5.74, 6) is 1.72. The van der Waals surface area contributed by atoms with E-state index in [1.807, 2.05) is 0 Å². The molecule has 0 aromatic heterocycles. The average molecular weight is 261 g/mol. The predicted octanol–water partition coefficient (Wildman–Crippen LogP) is 2.19. The molecule has 19 heavy (non-hydrogen) atoms. The molecule has 3 rings (SSSR count). The lowest BCUT2D eigenvalue weighted by molar-refractivity contribution is -0.0869. The Bertz CT molecular complexity index is 451. The molecular formula is C16H23NO2. The standard InChI is InChI=1S/C16H23NO2/c1-11-6-14(7-12(2)15(11)18-3)16(9-19-10-16)13-4-5-17-8-13/h6-7,13,17H,4-5,8-10H2,1-3H3. The highest BCUT2D eigenvalue weighted by molar-refractivity contribution is 5.46. The van der Waals surface area contributed by atoms with Crippen LogP contribution in [0.3, 0.4) is 0 Å². The summed E-state index contributed by atoms with van der Waals surface area (Å²) in [7, 11) is 1.75. The highest BCUT2D eigenvalue weighted by atomic mass is 16.5. The second-order valence-electron chi connectivity index (χ2n) is 5.98. The number of methoxy groups -OCH3 is 1. The third-order valence-electron chi connectivity index (χ3n) is 4.80. The van der Waals surface area contributed by atoms with Gasteiger partial charge < -0.3 is 14.8 Å². The topological polar surface area (TPSA) is 30.5 Å². The second kappa shape index (κ2) is 4.80. The fourth-order valence-electron chi connectivity index (χ4n) is 3.65. The van der Waals surface area contributed by atoms with Crippen LogP contribution in [0, 0.1) is 19.8 Å². The van der Waals surface area contributed by atoms with Crippen molar-refractivity contribution in [3.05, 3.63) is 28.8 Å². The van der Waals surface area contributed by atoms with Gasteiger partial charge in [-0.15, -0.1) is 0 Å². The molecule has 1 unspecified atom stereocenters. The largest absolute Gasteiger partial charge is 0.496 e. The SMILES string of the molecule is COc1c(C)cc(C2(C3CCNC3)COC2)cc1C. The molecule has 0 radical (unpaired) electrons. The minimum atomic E-state index is 0.227. The lowest BCUT2D eigenvalue weighted by atomic mass is 9.67. The zero-order chi connectivity index (χ0) is 13.5. The molecule has 0 spiro atoms. The second-order valence-corrected chi connectivity index (χ2v) is 5.98. The van der Waals surface area contributed by atoms with Crippen LogP contribution in [0.5, 0.6) is 5.75 Å². The Kier molecular flexibility index (Phi) is 3.27. The molecule has 1 aromatic carbocycles. The summed E-state index contributed by atoms with van der Waals surface area (Å²) in [4.78, 5) is 0. The first-order valence-corrected chi connectivity index (χ1v) is 7.11. The minimum Gasteiger partial charge on any atom is -0.496 e. The third kappa shape index (κ3) is 1.96. The summed E-state index contributed by atoms with van der Waals surface area (Å²) in [6.07, 6.45) is 1.26. The van der Waals surface area contributed by atoms with Crippen LogP contribution in [-0.2, 0) is 10.2 Å². The normalized spacial score (nSPS) is 25.1. The van der Waals surface area contributed by atoms with Crippen LogP contribution in [0.15, 0.2) is 12.1 Å². The van der Waals surface area contributed by atoms with Gasteiger partial charge in [0, 0.05) is 5.41 Å². The van der Waals surface area contributed by atoms with E-state index in [1.165, 1.54) is 23.1 Å². The van der Waals surface area contributed by atoms with Gasteiger partial charge in [-0.1, -0.05) is 12.1 Å². The fourth-order valence-corrected chi connectivity index (χ4v) is 3.65. The molecule has 0 bridgehead atoms. The lowest BCUT2D eigenvalue weighted by Crippen LogP contribution is -2.53. The highest BCUT2D eigenvalue weighted by Crippen LogP contribution is 2.43. The molecule has 1 atom stereocenters. The molecule has 2 fully saturated rings. The van der Waals surface area contributed by atoms with E-state index in [1.54, 1.807) is 7.11 Å². The smallest absolute Gasteiger partial charge is 0.124 e. The molecule has 3 nitrogen and oxygen atoms in total. The van der Waals surface area contributed by atoms with Crippen molar-refractivity contribution in [3.63, 3.8) is 0 Å². The fraction of sp³-hybridized carbons (Fsp3) is 0.625. The van der Waals surface area contributed by atoms with Gasteiger partial charge in [0.15, 0.2) is 0 Å². The summed E-state index contributed by atoms with van der Waals surface area (Å²) < 4.78 is 11.1. The maximum absolute atomic E-state index is 5.58. The summed E-state index contributed by atoms with van der Waals surface area (Å²) in [6, 6.07) is 4.60. The van der Waals surface area contributed by atoms with Gasteiger partial charge >= 0.3 is 0 Å². The Morgan fingerprint density at radius 1 is 1.26 bits per heavy atom. The first-order valence-electron chi connectivity index (χ1n) is 7.11. The zero-order valence-corrected chi connectivity index (χ0v) is 12.1. The van der Waals surface area contributed by atoms with E-state index < -0.39 is 0 Å². The molecule has 2 aliphatic heterocycles. The molecule has 2 heterocycles. The molecule has 0 amide bonds. The van der Waals surface area contributed by atoms with Crippen molar-refractivity contribution in [1.82, 2.24) is 5.32 Å². The van der Waals surface area contributed by atoms with E-state index in [9.17, 15) is 0 Å². The van der Waals surface area contributed by atoms with Crippen LogP contribution in [0.1, 0.15) is 23.1 Å². The van der Waals surface area contributed by atoms with Crippen molar-refractivity contribution in [2.45, 2.75) is 25.7 Å². The molecule has 2 aliphatic rings. The quantitative estimate of drug-likeness (QED) is 0.904. The molecule has 104 valence electrons. The maximum atomic E-state index is 5.58. The average Bonchev–Trinajstić information content (AvgIpc) is 2.81. The number of nitrogens with one attached hydrogen (secondary N) is 1. The Hall–Kier alpha value is -1.06. The highest BCUT2D eigenvalue weighted by Gasteiger charge is 2.48. The molecule has 1 N–H and O–H groups in total.